The second-order valence-corrected chi connectivity index (χ2v) is 6.70. The second kappa shape index (κ2) is 13.4. The van der Waals surface area contributed by atoms with Gasteiger partial charge in [0.15, 0.2) is 5.96 Å². The van der Waals surface area contributed by atoms with E-state index < -0.39 is 0 Å². The Kier molecular flexibility index (Phi) is 11.6. The Morgan fingerprint density at radius 3 is 2.57 bits per heavy atom. The van der Waals surface area contributed by atoms with Gasteiger partial charge >= 0.3 is 0 Å². The van der Waals surface area contributed by atoms with Crippen molar-refractivity contribution in [3.63, 3.8) is 0 Å². The van der Waals surface area contributed by atoms with E-state index in [9.17, 15) is 0 Å². The van der Waals surface area contributed by atoms with E-state index in [1.807, 2.05) is 24.5 Å². The molecule has 2 N–H and O–H groups in total. The van der Waals surface area contributed by atoms with E-state index in [-0.39, 0.29) is 24.0 Å². The molecule has 6 heteroatoms. The SMILES string of the molecule is CCNC(=NCCC(C)c1ccc(OC)cc1)NCCc1ccncc1C.I. The summed E-state index contributed by atoms with van der Waals surface area (Å²) in [6.07, 6.45) is 5.73. The summed E-state index contributed by atoms with van der Waals surface area (Å²) in [6, 6.07) is 10.4. The topological polar surface area (TPSA) is 58.5 Å². The van der Waals surface area contributed by atoms with Crippen molar-refractivity contribution >= 4 is 29.9 Å². The summed E-state index contributed by atoms with van der Waals surface area (Å²) in [6.45, 7) is 8.92. The number of nitrogens with one attached hydrogen (secondary N) is 2. The first-order chi connectivity index (χ1) is 13.1. The number of hydrogen-bond donors (Lipinski definition) is 2. The molecule has 2 aromatic rings. The van der Waals surface area contributed by atoms with Crippen molar-refractivity contribution < 1.29 is 4.74 Å². The van der Waals surface area contributed by atoms with Crippen LogP contribution in [0.25, 0.3) is 0 Å². The minimum Gasteiger partial charge on any atom is -0.497 e. The number of guanidine groups is 1. The maximum absolute atomic E-state index is 5.22. The lowest BCUT2D eigenvalue weighted by Crippen LogP contribution is -2.38. The number of nitrogens with zero attached hydrogens (tertiary/aromatic N) is 2. The van der Waals surface area contributed by atoms with E-state index in [0.29, 0.717) is 5.92 Å². The van der Waals surface area contributed by atoms with E-state index in [0.717, 1.165) is 44.2 Å². The molecule has 0 amide bonds. The van der Waals surface area contributed by atoms with Gasteiger partial charge in [-0.3, -0.25) is 9.98 Å². The minimum absolute atomic E-state index is 0. The summed E-state index contributed by atoms with van der Waals surface area (Å²) in [5.41, 5.74) is 3.87. The molecule has 0 aliphatic carbocycles. The molecule has 2 rings (SSSR count). The van der Waals surface area contributed by atoms with E-state index in [4.69, 9.17) is 9.73 Å². The van der Waals surface area contributed by atoms with Crippen LogP contribution in [0.15, 0.2) is 47.7 Å². The van der Waals surface area contributed by atoms with Crippen LogP contribution in [0, 0.1) is 6.92 Å². The molecule has 0 spiro atoms. The summed E-state index contributed by atoms with van der Waals surface area (Å²) in [4.78, 5) is 8.87. The molecule has 1 heterocycles. The number of aliphatic imine (C=N–C) groups is 1. The van der Waals surface area contributed by atoms with Crippen molar-refractivity contribution in [3.8, 4) is 5.75 Å². The third-order valence-corrected chi connectivity index (χ3v) is 4.68. The second-order valence-electron chi connectivity index (χ2n) is 6.70. The average molecular weight is 496 g/mol. The highest BCUT2D eigenvalue weighted by atomic mass is 127. The first-order valence-electron chi connectivity index (χ1n) is 9.69. The molecule has 0 radical (unpaired) electrons. The van der Waals surface area contributed by atoms with Crippen LogP contribution in [-0.4, -0.2) is 37.7 Å². The molecule has 0 aliphatic rings. The van der Waals surface area contributed by atoms with Crippen LogP contribution in [0.1, 0.15) is 42.9 Å². The van der Waals surface area contributed by atoms with Crippen molar-refractivity contribution in [3.05, 3.63) is 59.4 Å². The molecule has 0 bridgehead atoms. The molecular formula is C22H33IN4O. The first kappa shape index (κ1) is 24.2. The molecule has 28 heavy (non-hydrogen) atoms. The highest BCUT2D eigenvalue weighted by molar-refractivity contribution is 14.0. The van der Waals surface area contributed by atoms with Crippen molar-refractivity contribution in [1.29, 1.82) is 0 Å². The van der Waals surface area contributed by atoms with Gasteiger partial charge in [0.05, 0.1) is 7.11 Å². The molecule has 1 aromatic carbocycles. The summed E-state index contributed by atoms with van der Waals surface area (Å²) in [7, 11) is 1.69. The Balaban J connectivity index is 0.00000392. The number of pyridine rings is 1. The molecule has 1 aromatic heterocycles. The average Bonchev–Trinajstić information content (AvgIpc) is 2.69. The monoisotopic (exact) mass is 496 g/mol. The lowest BCUT2D eigenvalue weighted by Gasteiger charge is -2.14. The number of benzene rings is 1. The molecule has 1 atom stereocenters. The molecule has 0 saturated carbocycles. The van der Waals surface area contributed by atoms with Crippen molar-refractivity contribution in [2.75, 3.05) is 26.7 Å². The van der Waals surface area contributed by atoms with Gasteiger partial charge < -0.3 is 15.4 Å². The summed E-state index contributed by atoms with van der Waals surface area (Å²) in [5, 5.41) is 6.75. The minimum atomic E-state index is 0. The molecule has 0 aliphatic heterocycles. The smallest absolute Gasteiger partial charge is 0.191 e. The van der Waals surface area contributed by atoms with Gasteiger partial charge in [0.1, 0.15) is 5.75 Å². The predicted molar refractivity (Wildman–Crippen MR) is 128 cm³/mol. The fourth-order valence-corrected chi connectivity index (χ4v) is 2.91. The zero-order valence-corrected chi connectivity index (χ0v) is 19.7. The number of hydrogen-bond acceptors (Lipinski definition) is 3. The van der Waals surface area contributed by atoms with Crippen LogP contribution >= 0.6 is 24.0 Å². The van der Waals surface area contributed by atoms with Gasteiger partial charge in [-0.2, -0.15) is 0 Å². The van der Waals surface area contributed by atoms with Crippen LogP contribution in [0.3, 0.4) is 0 Å². The van der Waals surface area contributed by atoms with Crippen LogP contribution < -0.4 is 15.4 Å². The zero-order valence-electron chi connectivity index (χ0n) is 17.4. The number of aryl methyl sites for hydroxylation is 1. The number of ether oxygens (including phenoxy) is 1. The van der Waals surface area contributed by atoms with E-state index in [1.54, 1.807) is 7.11 Å². The standard InChI is InChI=1S/C22H32N4O.HI/c1-5-24-22(26-15-12-20-11-13-23-16-18(20)3)25-14-10-17(2)19-6-8-21(27-4)9-7-19;/h6-9,11,13,16-17H,5,10,12,14-15H2,1-4H3,(H2,24,25,26);1H. The number of methoxy groups -OCH3 is 1. The van der Waals surface area contributed by atoms with Gasteiger partial charge in [-0.25, -0.2) is 0 Å². The third kappa shape index (κ3) is 8.04. The molecular weight excluding hydrogens is 463 g/mol. The first-order valence-corrected chi connectivity index (χ1v) is 9.69. The highest BCUT2D eigenvalue weighted by Gasteiger charge is 2.06. The highest BCUT2D eigenvalue weighted by Crippen LogP contribution is 2.21. The molecule has 1 unspecified atom stereocenters. The van der Waals surface area contributed by atoms with Gasteiger partial charge in [0, 0.05) is 32.0 Å². The Hall–Kier alpha value is -1.83. The van der Waals surface area contributed by atoms with Gasteiger partial charge in [-0.15, -0.1) is 24.0 Å². The third-order valence-electron chi connectivity index (χ3n) is 4.68. The van der Waals surface area contributed by atoms with Gasteiger partial charge in [-0.05, 0) is 67.5 Å². The number of halogens is 1. The van der Waals surface area contributed by atoms with Crippen LogP contribution in [0.4, 0.5) is 0 Å². The summed E-state index contributed by atoms with van der Waals surface area (Å²) in [5.74, 6) is 2.24. The van der Waals surface area contributed by atoms with Crippen molar-refractivity contribution in [1.82, 2.24) is 15.6 Å². The van der Waals surface area contributed by atoms with E-state index in [1.165, 1.54) is 16.7 Å². The maximum atomic E-state index is 5.22. The van der Waals surface area contributed by atoms with Crippen LogP contribution in [0.5, 0.6) is 5.75 Å². The fourth-order valence-electron chi connectivity index (χ4n) is 2.91. The van der Waals surface area contributed by atoms with Gasteiger partial charge in [0.25, 0.3) is 0 Å². The normalized spacial score (nSPS) is 12.1. The predicted octanol–water partition coefficient (Wildman–Crippen LogP) is 4.31. The van der Waals surface area contributed by atoms with Crippen LogP contribution in [0.2, 0.25) is 0 Å². The molecule has 0 fully saturated rings. The largest absolute Gasteiger partial charge is 0.497 e. The number of aromatic nitrogens is 1. The Morgan fingerprint density at radius 1 is 1.18 bits per heavy atom. The van der Waals surface area contributed by atoms with Crippen molar-refractivity contribution in [2.24, 2.45) is 4.99 Å². The molecule has 0 saturated heterocycles. The number of rotatable bonds is 9. The maximum Gasteiger partial charge on any atom is 0.191 e. The quantitative estimate of drug-likeness (QED) is 0.309. The van der Waals surface area contributed by atoms with Gasteiger partial charge in [-0.1, -0.05) is 19.1 Å². The van der Waals surface area contributed by atoms with Crippen LogP contribution in [-0.2, 0) is 6.42 Å². The van der Waals surface area contributed by atoms with Gasteiger partial charge in [0.2, 0.25) is 0 Å². The Labute approximate surface area is 186 Å². The zero-order chi connectivity index (χ0) is 19.5. The Bertz CT molecular complexity index is 719. The summed E-state index contributed by atoms with van der Waals surface area (Å²) < 4.78 is 5.22. The van der Waals surface area contributed by atoms with Crippen molar-refractivity contribution in [2.45, 2.75) is 39.5 Å². The molecule has 154 valence electrons. The van der Waals surface area contributed by atoms with E-state index in [2.05, 4.69) is 54.6 Å². The fraction of sp³-hybridized carbons (Fsp3) is 0.455. The summed E-state index contributed by atoms with van der Waals surface area (Å²) >= 11 is 0. The van der Waals surface area contributed by atoms with E-state index >= 15 is 0 Å². The lowest BCUT2D eigenvalue weighted by atomic mass is 9.98. The molecule has 5 nitrogen and oxygen atoms in total. The lowest BCUT2D eigenvalue weighted by molar-refractivity contribution is 0.414. The Morgan fingerprint density at radius 2 is 1.93 bits per heavy atom.